The van der Waals surface area contributed by atoms with E-state index in [0.717, 1.165) is 0 Å². The Kier molecular flexibility index (Phi) is 3.41. The van der Waals surface area contributed by atoms with Gasteiger partial charge in [0.2, 0.25) is 0 Å². The van der Waals surface area contributed by atoms with Crippen molar-refractivity contribution in [1.29, 1.82) is 0 Å². The van der Waals surface area contributed by atoms with Crippen LogP contribution in [0.4, 0.5) is 5.69 Å². The first-order chi connectivity index (χ1) is 6.65. The van der Waals surface area contributed by atoms with Crippen LogP contribution >= 0.6 is 0 Å². The molecular formula is C9H13N3O2. The number of carbonyl (C=O) groups excluding carboxylic acids is 1. The Morgan fingerprint density at radius 3 is 3.07 bits per heavy atom. The lowest BCUT2D eigenvalue weighted by Crippen LogP contribution is -2.35. The normalized spacial score (nSPS) is 12.1. The van der Waals surface area contributed by atoms with E-state index in [0.29, 0.717) is 5.69 Å². The first-order valence-electron chi connectivity index (χ1n) is 4.27. The van der Waals surface area contributed by atoms with Gasteiger partial charge in [0, 0.05) is 12.2 Å². The number of aliphatic hydroxyl groups excluding tert-OH is 1. The van der Waals surface area contributed by atoms with Gasteiger partial charge >= 0.3 is 0 Å². The second-order valence-corrected chi connectivity index (χ2v) is 3.00. The minimum Gasteiger partial charge on any atom is -0.397 e. The van der Waals surface area contributed by atoms with Crippen molar-refractivity contribution in [1.82, 2.24) is 10.3 Å². The van der Waals surface area contributed by atoms with Gasteiger partial charge in [0.25, 0.3) is 5.91 Å². The first-order valence-corrected chi connectivity index (χ1v) is 4.27. The van der Waals surface area contributed by atoms with Crippen LogP contribution in [-0.4, -0.2) is 28.6 Å². The summed E-state index contributed by atoms with van der Waals surface area (Å²) in [7, 11) is 0. The molecule has 5 nitrogen and oxygen atoms in total. The van der Waals surface area contributed by atoms with Crippen molar-refractivity contribution in [3.8, 4) is 0 Å². The lowest BCUT2D eigenvalue weighted by Gasteiger charge is -2.10. The molecule has 0 fully saturated rings. The van der Waals surface area contributed by atoms with E-state index < -0.39 is 0 Å². The molecule has 0 aliphatic heterocycles. The molecule has 1 atom stereocenters. The van der Waals surface area contributed by atoms with Crippen LogP contribution in [0.2, 0.25) is 0 Å². The van der Waals surface area contributed by atoms with Gasteiger partial charge in [-0.05, 0) is 19.1 Å². The van der Waals surface area contributed by atoms with Crippen molar-refractivity contribution < 1.29 is 9.90 Å². The van der Waals surface area contributed by atoms with Gasteiger partial charge in [-0.1, -0.05) is 0 Å². The zero-order valence-corrected chi connectivity index (χ0v) is 7.90. The molecule has 0 saturated heterocycles. The molecule has 0 radical (unpaired) electrons. The number of carbonyl (C=O) groups is 1. The summed E-state index contributed by atoms with van der Waals surface area (Å²) >= 11 is 0. The van der Waals surface area contributed by atoms with Crippen LogP contribution in [0, 0.1) is 0 Å². The summed E-state index contributed by atoms with van der Waals surface area (Å²) in [6.07, 6.45) is 1.49. The molecular weight excluding hydrogens is 182 g/mol. The summed E-state index contributed by atoms with van der Waals surface area (Å²) in [6, 6.07) is 2.96. The SMILES string of the molecule is CC(CO)NC(=O)c1ncccc1N. The van der Waals surface area contributed by atoms with Gasteiger partial charge in [-0.2, -0.15) is 0 Å². The molecule has 4 N–H and O–H groups in total. The topological polar surface area (TPSA) is 88.2 Å². The van der Waals surface area contributed by atoms with Crippen LogP contribution in [0.5, 0.6) is 0 Å². The number of aromatic nitrogens is 1. The van der Waals surface area contributed by atoms with E-state index in [2.05, 4.69) is 10.3 Å². The van der Waals surface area contributed by atoms with Crippen molar-refractivity contribution in [2.75, 3.05) is 12.3 Å². The van der Waals surface area contributed by atoms with Crippen molar-refractivity contribution in [3.63, 3.8) is 0 Å². The Bertz CT molecular complexity index is 328. The highest BCUT2D eigenvalue weighted by molar-refractivity contribution is 5.97. The summed E-state index contributed by atoms with van der Waals surface area (Å²) in [5, 5.41) is 11.3. The van der Waals surface area contributed by atoms with E-state index in [1.54, 1.807) is 19.1 Å². The number of hydrogen-bond acceptors (Lipinski definition) is 4. The molecule has 0 aliphatic carbocycles. The van der Waals surface area contributed by atoms with E-state index >= 15 is 0 Å². The average Bonchev–Trinajstić information content (AvgIpc) is 2.18. The molecule has 14 heavy (non-hydrogen) atoms. The first kappa shape index (κ1) is 10.5. The van der Waals surface area contributed by atoms with E-state index in [-0.39, 0.29) is 24.2 Å². The summed E-state index contributed by atoms with van der Waals surface area (Å²) < 4.78 is 0. The summed E-state index contributed by atoms with van der Waals surface area (Å²) in [6.45, 7) is 1.58. The largest absolute Gasteiger partial charge is 0.397 e. The van der Waals surface area contributed by atoms with Crippen LogP contribution < -0.4 is 11.1 Å². The van der Waals surface area contributed by atoms with Crippen molar-refractivity contribution in [3.05, 3.63) is 24.0 Å². The minimum atomic E-state index is -0.371. The maximum absolute atomic E-state index is 11.5. The molecule has 0 aliphatic rings. The molecule has 0 bridgehead atoms. The van der Waals surface area contributed by atoms with Crippen LogP contribution in [0.15, 0.2) is 18.3 Å². The number of nitrogen functional groups attached to an aromatic ring is 1. The molecule has 1 amide bonds. The van der Waals surface area contributed by atoms with Gasteiger partial charge in [0.05, 0.1) is 12.3 Å². The predicted molar refractivity (Wildman–Crippen MR) is 52.7 cm³/mol. The third-order valence-electron chi connectivity index (χ3n) is 1.71. The number of rotatable bonds is 3. The number of pyridine rings is 1. The highest BCUT2D eigenvalue weighted by Gasteiger charge is 2.12. The third-order valence-corrected chi connectivity index (χ3v) is 1.71. The fraction of sp³-hybridized carbons (Fsp3) is 0.333. The smallest absolute Gasteiger partial charge is 0.272 e. The highest BCUT2D eigenvalue weighted by atomic mass is 16.3. The zero-order valence-electron chi connectivity index (χ0n) is 7.90. The fourth-order valence-corrected chi connectivity index (χ4v) is 0.945. The number of nitrogens with one attached hydrogen (secondary N) is 1. The van der Waals surface area contributed by atoms with E-state index in [4.69, 9.17) is 10.8 Å². The Hall–Kier alpha value is -1.62. The van der Waals surface area contributed by atoms with Gasteiger partial charge in [-0.3, -0.25) is 4.79 Å². The summed E-state index contributed by atoms with van der Waals surface area (Å²) in [4.78, 5) is 15.3. The molecule has 1 rings (SSSR count). The number of amides is 1. The summed E-state index contributed by atoms with van der Waals surface area (Å²) in [5.74, 6) is -0.371. The van der Waals surface area contributed by atoms with Crippen molar-refractivity contribution in [2.24, 2.45) is 0 Å². The Morgan fingerprint density at radius 1 is 1.79 bits per heavy atom. The summed E-state index contributed by atoms with van der Waals surface area (Å²) in [5.41, 5.74) is 6.07. The molecule has 1 unspecified atom stereocenters. The van der Waals surface area contributed by atoms with E-state index in [1.165, 1.54) is 6.20 Å². The predicted octanol–water partition coefficient (Wildman–Crippen LogP) is -0.226. The maximum atomic E-state index is 11.5. The second kappa shape index (κ2) is 4.57. The molecule has 1 aromatic rings. The number of aliphatic hydroxyl groups is 1. The Balaban J connectivity index is 2.75. The number of hydrogen-bond donors (Lipinski definition) is 3. The number of nitrogens with two attached hydrogens (primary N) is 1. The molecule has 1 heterocycles. The van der Waals surface area contributed by atoms with Gasteiger partial charge in [-0.15, -0.1) is 0 Å². The maximum Gasteiger partial charge on any atom is 0.272 e. The molecule has 0 spiro atoms. The number of anilines is 1. The van der Waals surface area contributed by atoms with Crippen LogP contribution in [0.1, 0.15) is 17.4 Å². The third kappa shape index (κ3) is 2.43. The monoisotopic (exact) mass is 195 g/mol. The number of nitrogens with zero attached hydrogens (tertiary/aromatic N) is 1. The molecule has 0 aromatic carbocycles. The van der Waals surface area contributed by atoms with Crippen LogP contribution in [0.25, 0.3) is 0 Å². The van der Waals surface area contributed by atoms with Gasteiger partial charge in [0.15, 0.2) is 5.69 Å². The standard InChI is InChI=1S/C9H13N3O2/c1-6(5-13)12-9(14)8-7(10)3-2-4-11-8/h2-4,6,13H,5,10H2,1H3,(H,12,14). The van der Waals surface area contributed by atoms with Crippen molar-refractivity contribution >= 4 is 11.6 Å². The molecule has 1 aromatic heterocycles. The second-order valence-electron chi connectivity index (χ2n) is 3.00. The Labute approximate surface area is 82.0 Å². The highest BCUT2D eigenvalue weighted by Crippen LogP contribution is 2.06. The quantitative estimate of drug-likeness (QED) is 0.622. The van der Waals surface area contributed by atoms with Crippen LogP contribution in [0.3, 0.4) is 0 Å². The minimum absolute atomic E-state index is 0.113. The fourth-order valence-electron chi connectivity index (χ4n) is 0.945. The van der Waals surface area contributed by atoms with Crippen molar-refractivity contribution in [2.45, 2.75) is 13.0 Å². The molecule has 0 saturated carbocycles. The average molecular weight is 195 g/mol. The van der Waals surface area contributed by atoms with Gasteiger partial charge in [-0.25, -0.2) is 4.98 Å². The van der Waals surface area contributed by atoms with Gasteiger partial charge < -0.3 is 16.2 Å². The Morgan fingerprint density at radius 2 is 2.50 bits per heavy atom. The van der Waals surface area contributed by atoms with E-state index in [9.17, 15) is 4.79 Å². The molecule has 76 valence electrons. The lowest BCUT2D eigenvalue weighted by molar-refractivity contribution is 0.0918. The van der Waals surface area contributed by atoms with Gasteiger partial charge in [0.1, 0.15) is 0 Å². The van der Waals surface area contributed by atoms with Crippen LogP contribution in [-0.2, 0) is 0 Å². The lowest BCUT2D eigenvalue weighted by atomic mass is 10.2. The molecule has 5 heteroatoms. The zero-order chi connectivity index (χ0) is 10.6. The van der Waals surface area contributed by atoms with E-state index in [1.807, 2.05) is 0 Å².